The third-order valence-electron chi connectivity index (χ3n) is 7.98. The molecule has 0 aliphatic rings. The Morgan fingerprint density at radius 1 is 0.725 bits per heavy atom. The highest BCUT2D eigenvalue weighted by Crippen LogP contribution is 2.43. The number of phosphoric acid groups is 1. The van der Waals surface area contributed by atoms with Gasteiger partial charge in [0, 0.05) is 6.42 Å². The zero-order valence-corrected chi connectivity index (χ0v) is 33.6. The molecule has 0 aliphatic heterocycles. The monoisotopic (exact) mass is 738 g/mol. The van der Waals surface area contributed by atoms with Crippen LogP contribution in [-0.4, -0.2) is 84.6 Å². The summed E-state index contributed by atoms with van der Waals surface area (Å²) in [6.07, 6.45) is 38.6. The topological polar surface area (TPSA) is 125 Å². The van der Waals surface area contributed by atoms with Crippen molar-refractivity contribution < 1.29 is 38.0 Å². The quantitative estimate of drug-likeness (QED) is 0.0174. The number of aliphatic hydroxyl groups is 2. The van der Waals surface area contributed by atoms with Gasteiger partial charge in [-0.15, -0.1) is 0 Å². The van der Waals surface area contributed by atoms with Crippen molar-refractivity contribution in [2.45, 2.75) is 141 Å². The number of amides is 1. The Labute approximate surface area is 311 Å². The molecule has 0 saturated carbocycles. The van der Waals surface area contributed by atoms with Crippen LogP contribution in [0.15, 0.2) is 72.9 Å². The van der Waals surface area contributed by atoms with Gasteiger partial charge in [0.15, 0.2) is 0 Å². The van der Waals surface area contributed by atoms with Crippen LogP contribution in [0.5, 0.6) is 0 Å². The molecule has 0 rings (SSSR count). The molecular weight excluding hydrogens is 663 g/mol. The first-order chi connectivity index (χ1) is 24.4. The van der Waals surface area contributed by atoms with Crippen LogP contribution in [0.3, 0.4) is 0 Å². The Balaban J connectivity index is 4.74. The molecule has 0 aromatic rings. The van der Waals surface area contributed by atoms with Crippen LogP contribution in [-0.2, 0) is 18.4 Å². The average molecular weight is 738 g/mol. The summed E-state index contributed by atoms with van der Waals surface area (Å²) in [6.45, 7) is 4.57. The Kier molecular flexibility index (Phi) is 31.2. The summed E-state index contributed by atoms with van der Waals surface area (Å²) in [4.78, 5) is 23.0. The van der Waals surface area contributed by atoms with Crippen LogP contribution in [0.1, 0.15) is 123 Å². The highest BCUT2D eigenvalue weighted by atomic mass is 31.2. The molecule has 0 fully saturated rings. The number of nitrogens with zero attached hydrogens (tertiary/aromatic N) is 1. The molecule has 4 atom stereocenters. The SMILES string of the molecule is CCCCC/C=C\C[C@H](O)/C=C/C=C\C/C=C\CCCC(=O)N[C@@H](COP(=O)(O)OCC[N+](C)(C)C)[C@H](O)/C=C/CC/C=C\CCCCCCC. The Morgan fingerprint density at radius 3 is 2.06 bits per heavy atom. The number of carbonyl (C=O) groups excluding carboxylic acids is 1. The number of hydrogen-bond donors (Lipinski definition) is 4. The minimum Gasteiger partial charge on any atom is -0.389 e. The lowest BCUT2D eigenvalue weighted by Gasteiger charge is -2.25. The van der Waals surface area contributed by atoms with E-state index < -0.39 is 26.1 Å². The number of phosphoric ester groups is 1. The zero-order valence-electron chi connectivity index (χ0n) is 32.7. The molecular formula is C41H74N2O7P+. The average Bonchev–Trinajstić information content (AvgIpc) is 3.07. The standard InChI is InChI=1S/C41H73N2O7P/c1-6-8-10-12-14-15-16-17-21-25-29-33-40(45)39(37-50-51(47,48)49-36-35-43(3,4)5)42-41(46)34-30-26-22-19-18-20-24-28-32-38(44)31-27-23-13-11-9-7-2/h16-17,19-20,22-24,27-29,32-33,38-40,44-45H,6-15,18,21,25-26,30-31,34-37H2,1-5H3,(H-,42,46,47,48)/p+1/b17-16-,22-19-,24-20-,27-23-,32-28+,33-29+/t38-,39-,40+/m0/s1. The normalized spacial score (nSPS) is 16.0. The van der Waals surface area contributed by atoms with Crippen molar-refractivity contribution in [3.63, 3.8) is 0 Å². The summed E-state index contributed by atoms with van der Waals surface area (Å²) in [7, 11) is 1.46. The van der Waals surface area contributed by atoms with E-state index in [9.17, 15) is 24.5 Å². The molecule has 0 saturated heterocycles. The molecule has 0 aliphatic carbocycles. The number of hydrogen-bond acceptors (Lipinski definition) is 6. The number of likely N-dealkylation sites (N-methyl/N-ethyl adjacent to an activating group) is 1. The van der Waals surface area contributed by atoms with E-state index in [-0.39, 0.29) is 25.5 Å². The molecule has 1 amide bonds. The Hall–Kier alpha value is -2.10. The first kappa shape index (κ1) is 48.9. The summed E-state index contributed by atoms with van der Waals surface area (Å²) in [5, 5.41) is 23.7. The maximum Gasteiger partial charge on any atom is 0.472 e. The van der Waals surface area contributed by atoms with Gasteiger partial charge in [-0.3, -0.25) is 13.8 Å². The van der Waals surface area contributed by atoms with Crippen LogP contribution >= 0.6 is 7.82 Å². The number of carbonyl (C=O) groups is 1. The lowest BCUT2D eigenvalue weighted by atomic mass is 10.1. The van der Waals surface area contributed by atoms with Gasteiger partial charge in [-0.1, -0.05) is 125 Å². The van der Waals surface area contributed by atoms with Gasteiger partial charge in [-0.05, 0) is 64.2 Å². The van der Waals surface area contributed by atoms with Crippen molar-refractivity contribution in [3.05, 3.63) is 72.9 Å². The molecule has 0 radical (unpaired) electrons. The van der Waals surface area contributed by atoms with E-state index in [1.54, 1.807) is 12.2 Å². The van der Waals surface area contributed by atoms with Crippen LogP contribution in [0.4, 0.5) is 0 Å². The fourth-order valence-corrected chi connectivity index (χ4v) is 5.51. The molecule has 9 nitrogen and oxygen atoms in total. The van der Waals surface area contributed by atoms with E-state index >= 15 is 0 Å². The fraction of sp³-hybridized carbons (Fsp3) is 0.683. The lowest BCUT2D eigenvalue weighted by Crippen LogP contribution is -2.45. The van der Waals surface area contributed by atoms with Crippen molar-refractivity contribution >= 4 is 13.7 Å². The van der Waals surface area contributed by atoms with Crippen LogP contribution in [0, 0.1) is 0 Å². The molecule has 1 unspecified atom stereocenters. The summed E-state index contributed by atoms with van der Waals surface area (Å²) in [6, 6.07) is -0.913. The third kappa shape index (κ3) is 34.7. The predicted octanol–water partition coefficient (Wildman–Crippen LogP) is 9.04. The lowest BCUT2D eigenvalue weighted by molar-refractivity contribution is -0.870. The van der Waals surface area contributed by atoms with E-state index in [0.717, 1.165) is 32.1 Å². The molecule has 294 valence electrons. The minimum absolute atomic E-state index is 0.0310. The van der Waals surface area contributed by atoms with Gasteiger partial charge < -0.3 is 24.9 Å². The van der Waals surface area contributed by atoms with E-state index in [2.05, 4.69) is 37.4 Å². The number of quaternary nitrogens is 1. The smallest absolute Gasteiger partial charge is 0.389 e. The third-order valence-corrected chi connectivity index (χ3v) is 8.96. The maximum atomic E-state index is 12.8. The summed E-state index contributed by atoms with van der Waals surface area (Å²) in [5.41, 5.74) is 0. The molecule has 0 heterocycles. The van der Waals surface area contributed by atoms with Crippen LogP contribution in [0.25, 0.3) is 0 Å². The summed E-state index contributed by atoms with van der Waals surface area (Å²) < 4.78 is 23.4. The number of unbranched alkanes of at least 4 members (excludes halogenated alkanes) is 10. The largest absolute Gasteiger partial charge is 0.472 e. The second-order valence-electron chi connectivity index (χ2n) is 14.1. The van der Waals surface area contributed by atoms with Gasteiger partial charge in [0.05, 0.1) is 46.0 Å². The molecule has 0 aromatic carbocycles. The van der Waals surface area contributed by atoms with Gasteiger partial charge in [-0.2, -0.15) is 0 Å². The van der Waals surface area contributed by atoms with E-state index in [4.69, 9.17) is 9.05 Å². The second-order valence-corrected chi connectivity index (χ2v) is 15.6. The number of rotatable bonds is 33. The van der Waals surface area contributed by atoms with Crippen LogP contribution < -0.4 is 5.32 Å². The van der Waals surface area contributed by atoms with Gasteiger partial charge in [0.1, 0.15) is 13.2 Å². The maximum absolute atomic E-state index is 12.8. The fourth-order valence-electron chi connectivity index (χ4n) is 4.78. The van der Waals surface area contributed by atoms with E-state index in [1.807, 2.05) is 63.7 Å². The predicted molar refractivity (Wildman–Crippen MR) is 213 cm³/mol. The second kappa shape index (κ2) is 32.5. The molecule has 10 heteroatoms. The van der Waals surface area contributed by atoms with Crippen molar-refractivity contribution in [2.24, 2.45) is 0 Å². The molecule has 0 aromatic heterocycles. The van der Waals surface area contributed by atoms with Gasteiger partial charge in [0.25, 0.3) is 0 Å². The van der Waals surface area contributed by atoms with Crippen molar-refractivity contribution in [3.8, 4) is 0 Å². The zero-order chi connectivity index (χ0) is 38.1. The highest BCUT2D eigenvalue weighted by molar-refractivity contribution is 7.47. The first-order valence-electron chi connectivity index (χ1n) is 19.4. The number of allylic oxidation sites excluding steroid dienone is 9. The number of nitrogens with one attached hydrogen (secondary N) is 1. The molecule has 4 N–H and O–H groups in total. The highest BCUT2D eigenvalue weighted by Gasteiger charge is 2.27. The Bertz CT molecular complexity index is 1080. The van der Waals surface area contributed by atoms with E-state index in [1.165, 1.54) is 51.4 Å². The summed E-state index contributed by atoms with van der Waals surface area (Å²) in [5.74, 6) is -0.274. The van der Waals surface area contributed by atoms with Gasteiger partial charge >= 0.3 is 7.82 Å². The van der Waals surface area contributed by atoms with Crippen molar-refractivity contribution in [2.75, 3.05) is 40.9 Å². The van der Waals surface area contributed by atoms with Crippen LogP contribution in [0.2, 0.25) is 0 Å². The van der Waals surface area contributed by atoms with E-state index in [0.29, 0.717) is 30.3 Å². The molecule has 0 spiro atoms. The van der Waals surface area contributed by atoms with Crippen molar-refractivity contribution in [1.82, 2.24) is 5.32 Å². The Morgan fingerprint density at radius 2 is 1.33 bits per heavy atom. The summed E-state index contributed by atoms with van der Waals surface area (Å²) >= 11 is 0. The van der Waals surface area contributed by atoms with Gasteiger partial charge in [0.2, 0.25) is 5.91 Å². The number of aliphatic hydroxyl groups excluding tert-OH is 2. The molecule has 51 heavy (non-hydrogen) atoms. The van der Waals surface area contributed by atoms with Gasteiger partial charge in [-0.25, -0.2) is 4.57 Å². The van der Waals surface area contributed by atoms with Crippen molar-refractivity contribution in [1.29, 1.82) is 0 Å². The molecule has 0 bridgehead atoms. The first-order valence-corrected chi connectivity index (χ1v) is 20.9. The minimum atomic E-state index is -4.37.